The summed E-state index contributed by atoms with van der Waals surface area (Å²) in [5, 5.41) is 10.5. The van der Waals surface area contributed by atoms with E-state index in [0.717, 1.165) is 16.8 Å². The summed E-state index contributed by atoms with van der Waals surface area (Å²) >= 11 is 0. The van der Waals surface area contributed by atoms with Crippen LogP contribution in [0.5, 0.6) is 0 Å². The highest BCUT2D eigenvalue weighted by Gasteiger charge is 2.20. The standard InChI is InChI=1S/C27H29N3O/c1-18-15-16-22(28-21-11-4-3-5-12-21)17-25(18)26-29-27(31-30-26)19(2)23-14-8-10-20-9-6-7-13-24(20)23/h6-10,13-17,19,21,28H,3-5,11-12H2,1-2H3. The van der Waals surface area contributed by atoms with E-state index in [1.54, 1.807) is 0 Å². The number of rotatable bonds is 5. The summed E-state index contributed by atoms with van der Waals surface area (Å²) in [6.45, 7) is 4.23. The maximum atomic E-state index is 5.75. The Balaban J connectivity index is 1.43. The molecule has 1 heterocycles. The first-order valence-electron chi connectivity index (χ1n) is 11.4. The molecule has 1 saturated carbocycles. The van der Waals surface area contributed by atoms with E-state index < -0.39 is 0 Å². The van der Waals surface area contributed by atoms with Gasteiger partial charge >= 0.3 is 0 Å². The molecule has 1 unspecified atom stereocenters. The Hall–Kier alpha value is -3.14. The van der Waals surface area contributed by atoms with E-state index in [1.807, 2.05) is 0 Å². The van der Waals surface area contributed by atoms with E-state index in [2.05, 4.69) is 85.0 Å². The zero-order valence-electron chi connectivity index (χ0n) is 18.3. The van der Waals surface area contributed by atoms with Gasteiger partial charge in [-0.25, -0.2) is 0 Å². The van der Waals surface area contributed by atoms with Gasteiger partial charge in [-0.3, -0.25) is 0 Å². The summed E-state index contributed by atoms with van der Waals surface area (Å²) in [7, 11) is 0. The number of aromatic nitrogens is 2. The molecule has 31 heavy (non-hydrogen) atoms. The third-order valence-corrected chi connectivity index (χ3v) is 6.56. The number of fused-ring (bicyclic) bond motifs is 1. The molecule has 1 aliphatic rings. The lowest BCUT2D eigenvalue weighted by atomic mass is 9.94. The number of anilines is 1. The van der Waals surface area contributed by atoms with Gasteiger partial charge in [0.15, 0.2) is 0 Å². The quantitative estimate of drug-likeness (QED) is 0.381. The first-order valence-corrected chi connectivity index (χ1v) is 11.4. The van der Waals surface area contributed by atoms with E-state index in [0.29, 0.717) is 17.8 Å². The maximum Gasteiger partial charge on any atom is 0.234 e. The molecule has 0 aliphatic heterocycles. The first kappa shape index (κ1) is 19.8. The van der Waals surface area contributed by atoms with E-state index in [-0.39, 0.29) is 5.92 Å². The fourth-order valence-electron chi connectivity index (χ4n) is 4.72. The number of nitrogens with zero attached hydrogens (tertiary/aromatic N) is 2. The molecule has 4 aromatic rings. The van der Waals surface area contributed by atoms with Crippen molar-refractivity contribution < 1.29 is 4.52 Å². The second-order valence-corrected chi connectivity index (χ2v) is 8.76. The van der Waals surface area contributed by atoms with Crippen LogP contribution in [0.15, 0.2) is 65.2 Å². The van der Waals surface area contributed by atoms with Crippen LogP contribution in [0.2, 0.25) is 0 Å². The molecule has 158 valence electrons. The second-order valence-electron chi connectivity index (χ2n) is 8.76. The highest BCUT2D eigenvalue weighted by Crippen LogP contribution is 2.32. The molecular weight excluding hydrogens is 382 g/mol. The van der Waals surface area contributed by atoms with Gasteiger partial charge in [-0.2, -0.15) is 4.98 Å². The summed E-state index contributed by atoms with van der Waals surface area (Å²) in [6.07, 6.45) is 6.49. The number of hydrogen-bond acceptors (Lipinski definition) is 4. The fraction of sp³-hybridized carbons (Fsp3) is 0.333. The average Bonchev–Trinajstić information content (AvgIpc) is 3.30. The predicted octanol–water partition coefficient (Wildman–Crippen LogP) is 7.09. The minimum atomic E-state index is 0.0243. The van der Waals surface area contributed by atoms with Crippen molar-refractivity contribution in [3.05, 3.63) is 77.7 Å². The lowest BCUT2D eigenvalue weighted by Crippen LogP contribution is -2.22. The summed E-state index contributed by atoms with van der Waals surface area (Å²) < 4.78 is 5.75. The van der Waals surface area contributed by atoms with Gasteiger partial charge in [0.25, 0.3) is 0 Å². The van der Waals surface area contributed by atoms with Gasteiger partial charge < -0.3 is 9.84 Å². The summed E-state index contributed by atoms with van der Waals surface area (Å²) in [5.74, 6) is 1.33. The molecule has 1 fully saturated rings. The molecule has 5 rings (SSSR count). The van der Waals surface area contributed by atoms with Crippen LogP contribution >= 0.6 is 0 Å². The Morgan fingerprint density at radius 3 is 2.65 bits per heavy atom. The Morgan fingerprint density at radius 1 is 0.968 bits per heavy atom. The van der Waals surface area contributed by atoms with Crippen molar-refractivity contribution in [3.63, 3.8) is 0 Å². The molecule has 0 radical (unpaired) electrons. The molecular formula is C27H29N3O. The van der Waals surface area contributed by atoms with Crippen molar-refractivity contribution >= 4 is 16.5 Å². The van der Waals surface area contributed by atoms with Crippen molar-refractivity contribution in [2.75, 3.05) is 5.32 Å². The van der Waals surface area contributed by atoms with Crippen molar-refractivity contribution in [3.8, 4) is 11.4 Å². The van der Waals surface area contributed by atoms with Crippen LogP contribution in [0.4, 0.5) is 5.69 Å². The topological polar surface area (TPSA) is 51.0 Å². The van der Waals surface area contributed by atoms with E-state index >= 15 is 0 Å². The number of benzene rings is 3. The third-order valence-electron chi connectivity index (χ3n) is 6.56. The van der Waals surface area contributed by atoms with Crippen molar-refractivity contribution in [2.24, 2.45) is 0 Å². The average molecular weight is 412 g/mol. The summed E-state index contributed by atoms with van der Waals surface area (Å²) in [4.78, 5) is 4.81. The molecule has 0 amide bonds. The van der Waals surface area contributed by atoms with Gasteiger partial charge in [-0.1, -0.05) is 73.0 Å². The molecule has 4 nitrogen and oxygen atoms in total. The van der Waals surface area contributed by atoms with Gasteiger partial charge in [0, 0.05) is 17.3 Å². The third kappa shape index (κ3) is 4.07. The van der Waals surface area contributed by atoms with Crippen molar-refractivity contribution in [2.45, 2.75) is 57.9 Å². The zero-order chi connectivity index (χ0) is 21.2. The normalized spacial score (nSPS) is 15.8. The van der Waals surface area contributed by atoms with Gasteiger partial charge in [-0.15, -0.1) is 0 Å². The minimum absolute atomic E-state index is 0.0243. The Labute approximate surface area is 183 Å². The van der Waals surface area contributed by atoms with Gasteiger partial charge in [0.05, 0.1) is 5.92 Å². The van der Waals surface area contributed by atoms with E-state index in [4.69, 9.17) is 9.51 Å². The van der Waals surface area contributed by atoms with Crippen LogP contribution in [0.3, 0.4) is 0 Å². The number of aryl methyl sites for hydroxylation is 1. The Morgan fingerprint density at radius 2 is 1.77 bits per heavy atom. The first-order chi connectivity index (χ1) is 15.2. The summed E-state index contributed by atoms with van der Waals surface area (Å²) in [6, 6.07) is 21.9. The predicted molar refractivity (Wildman–Crippen MR) is 126 cm³/mol. The van der Waals surface area contributed by atoms with Crippen LogP contribution in [0, 0.1) is 6.92 Å². The lowest BCUT2D eigenvalue weighted by Gasteiger charge is -2.24. The number of hydrogen-bond donors (Lipinski definition) is 1. The largest absolute Gasteiger partial charge is 0.382 e. The smallest absolute Gasteiger partial charge is 0.234 e. The molecule has 1 aromatic heterocycles. The van der Waals surface area contributed by atoms with E-state index in [9.17, 15) is 0 Å². The van der Waals surface area contributed by atoms with Crippen molar-refractivity contribution in [1.29, 1.82) is 0 Å². The van der Waals surface area contributed by atoms with Crippen LogP contribution in [0.1, 0.15) is 62.0 Å². The fourth-order valence-corrected chi connectivity index (χ4v) is 4.72. The molecule has 4 heteroatoms. The second kappa shape index (κ2) is 8.54. The highest BCUT2D eigenvalue weighted by atomic mass is 16.5. The molecule has 1 N–H and O–H groups in total. The van der Waals surface area contributed by atoms with Crippen LogP contribution in [-0.2, 0) is 0 Å². The Bertz CT molecular complexity index is 1180. The molecule has 0 spiro atoms. The van der Waals surface area contributed by atoms with E-state index in [1.165, 1.54) is 48.4 Å². The molecule has 1 atom stereocenters. The molecule has 0 saturated heterocycles. The molecule has 0 bridgehead atoms. The Kier molecular flexibility index (Phi) is 5.46. The lowest BCUT2D eigenvalue weighted by molar-refractivity contribution is 0.371. The van der Waals surface area contributed by atoms with Crippen LogP contribution in [-0.4, -0.2) is 16.2 Å². The van der Waals surface area contributed by atoms with Gasteiger partial charge in [-0.05, 0) is 60.7 Å². The molecule has 3 aromatic carbocycles. The monoisotopic (exact) mass is 411 g/mol. The minimum Gasteiger partial charge on any atom is -0.382 e. The number of nitrogens with one attached hydrogen (secondary N) is 1. The SMILES string of the molecule is Cc1ccc(NC2CCCCC2)cc1-c1noc(C(C)c2cccc3ccccc23)n1. The maximum absolute atomic E-state index is 5.75. The van der Waals surface area contributed by atoms with Gasteiger partial charge in [0.1, 0.15) is 0 Å². The molecule has 1 aliphatic carbocycles. The zero-order valence-corrected chi connectivity index (χ0v) is 18.3. The van der Waals surface area contributed by atoms with Gasteiger partial charge in [0.2, 0.25) is 11.7 Å². The summed E-state index contributed by atoms with van der Waals surface area (Å²) in [5.41, 5.74) is 4.53. The van der Waals surface area contributed by atoms with Crippen molar-refractivity contribution in [1.82, 2.24) is 10.1 Å². The highest BCUT2D eigenvalue weighted by molar-refractivity contribution is 5.86. The van der Waals surface area contributed by atoms with Crippen LogP contribution in [0.25, 0.3) is 22.2 Å². The van der Waals surface area contributed by atoms with Crippen LogP contribution < -0.4 is 5.32 Å².